The first-order chi connectivity index (χ1) is 7.70. The van der Waals surface area contributed by atoms with Crippen molar-refractivity contribution in [3.8, 4) is 10.6 Å². The van der Waals surface area contributed by atoms with Gasteiger partial charge in [-0.3, -0.25) is 4.98 Å². The summed E-state index contributed by atoms with van der Waals surface area (Å²) in [5, 5.41) is 13.3. The smallest absolute Gasteiger partial charge is 0.149 e. The minimum Gasteiger partial charge on any atom is -0.311 e. The van der Waals surface area contributed by atoms with E-state index in [1.165, 1.54) is 0 Å². The molecule has 1 N–H and O–H groups in total. The summed E-state index contributed by atoms with van der Waals surface area (Å²) in [5.74, 6) is 0. The van der Waals surface area contributed by atoms with Crippen LogP contribution in [-0.4, -0.2) is 22.2 Å². The van der Waals surface area contributed by atoms with Gasteiger partial charge in [0.2, 0.25) is 0 Å². The maximum atomic E-state index is 4.16. The third-order valence-electron chi connectivity index (χ3n) is 2.20. The molecule has 2 aromatic heterocycles. The van der Waals surface area contributed by atoms with Gasteiger partial charge in [-0.2, -0.15) is 0 Å². The van der Waals surface area contributed by atoms with Crippen LogP contribution in [0.25, 0.3) is 10.6 Å². The van der Waals surface area contributed by atoms with E-state index < -0.39 is 0 Å². The molecule has 0 amide bonds. The molecular formula is C10H11BrN4S. The molecule has 2 rings (SSSR count). The summed E-state index contributed by atoms with van der Waals surface area (Å²) < 4.78 is 0.948. The largest absolute Gasteiger partial charge is 0.311 e. The first-order valence-electron chi connectivity index (χ1n) is 4.82. The Morgan fingerprint density at radius 3 is 2.88 bits per heavy atom. The summed E-state index contributed by atoms with van der Waals surface area (Å²) in [6, 6.07) is 2.22. The number of rotatable bonds is 3. The third-order valence-corrected chi connectivity index (χ3v) is 3.78. The summed E-state index contributed by atoms with van der Waals surface area (Å²) >= 11 is 4.97. The van der Waals surface area contributed by atoms with Gasteiger partial charge in [0, 0.05) is 22.4 Å². The van der Waals surface area contributed by atoms with Crippen molar-refractivity contribution in [3.05, 3.63) is 27.9 Å². The Labute approximate surface area is 106 Å². The molecule has 16 heavy (non-hydrogen) atoms. The number of nitrogens with zero attached hydrogens (tertiary/aromatic N) is 3. The Morgan fingerprint density at radius 1 is 1.38 bits per heavy atom. The second-order valence-electron chi connectivity index (χ2n) is 3.35. The van der Waals surface area contributed by atoms with Crippen LogP contribution in [0.1, 0.15) is 18.0 Å². The van der Waals surface area contributed by atoms with Gasteiger partial charge in [-0.25, -0.2) is 0 Å². The standard InChI is InChI=1S/C10H11BrN4S/c1-6(12-2)9-14-15-10(16-9)7-3-8(11)5-13-4-7/h3-6,12H,1-2H3. The normalized spacial score (nSPS) is 12.7. The van der Waals surface area contributed by atoms with E-state index >= 15 is 0 Å². The molecule has 0 aliphatic carbocycles. The Kier molecular flexibility index (Phi) is 3.63. The number of hydrogen-bond acceptors (Lipinski definition) is 5. The van der Waals surface area contributed by atoms with Gasteiger partial charge in [0.25, 0.3) is 0 Å². The van der Waals surface area contributed by atoms with Crippen LogP contribution >= 0.6 is 27.3 Å². The molecule has 0 radical (unpaired) electrons. The van der Waals surface area contributed by atoms with Crippen LogP contribution in [0.5, 0.6) is 0 Å². The number of hydrogen-bond donors (Lipinski definition) is 1. The number of halogens is 1. The van der Waals surface area contributed by atoms with Crippen molar-refractivity contribution in [2.24, 2.45) is 0 Å². The zero-order valence-corrected chi connectivity index (χ0v) is 11.3. The molecule has 4 nitrogen and oxygen atoms in total. The van der Waals surface area contributed by atoms with Crippen LogP contribution in [0.4, 0.5) is 0 Å². The molecule has 0 saturated carbocycles. The summed E-state index contributed by atoms with van der Waals surface area (Å²) in [4.78, 5) is 4.11. The van der Waals surface area contributed by atoms with Gasteiger partial charge in [-0.1, -0.05) is 11.3 Å². The highest BCUT2D eigenvalue weighted by molar-refractivity contribution is 9.10. The summed E-state index contributed by atoms with van der Waals surface area (Å²) in [5.41, 5.74) is 0.987. The van der Waals surface area contributed by atoms with Gasteiger partial charge in [0.1, 0.15) is 10.0 Å². The molecular weight excluding hydrogens is 288 g/mol. The lowest BCUT2D eigenvalue weighted by Crippen LogP contribution is -2.11. The van der Waals surface area contributed by atoms with E-state index in [1.54, 1.807) is 23.7 Å². The van der Waals surface area contributed by atoms with Gasteiger partial charge in [-0.15, -0.1) is 10.2 Å². The topological polar surface area (TPSA) is 50.7 Å². The van der Waals surface area contributed by atoms with Gasteiger partial charge in [-0.05, 0) is 36.0 Å². The molecule has 0 spiro atoms. The fourth-order valence-electron chi connectivity index (χ4n) is 1.18. The molecule has 84 valence electrons. The molecule has 1 unspecified atom stereocenters. The van der Waals surface area contributed by atoms with Crippen LogP contribution in [-0.2, 0) is 0 Å². The average Bonchev–Trinajstić information content (AvgIpc) is 2.77. The Bertz CT molecular complexity index is 485. The van der Waals surface area contributed by atoms with Crippen LogP contribution in [0.3, 0.4) is 0 Å². The van der Waals surface area contributed by atoms with Crippen molar-refractivity contribution >= 4 is 27.3 Å². The molecule has 0 fully saturated rings. The molecule has 0 bridgehead atoms. The molecule has 0 aliphatic rings. The molecule has 2 aromatic rings. The monoisotopic (exact) mass is 298 g/mol. The molecule has 0 aliphatic heterocycles. The lowest BCUT2D eigenvalue weighted by molar-refractivity contribution is 0.640. The lowest BCUT2D eigenvalue weighted by Gasteiger charge is -2.02. The fourth-order valence-corrected chi connectivity index (χ4v) is 2.43. The summed E-state index contributed by atoms with van der Waals surface area (Å²) in [7, 11) is 1.91. The summed E-state index contributed by atoms with van der Waals surface area (Å²) in [6.45, 7) is 2.06. The predicted octanol–water partition coefficient (Wildman–Crippen LogP) is 2.64. The van der Waals surface area contributed by atoms with Crippen LogP contribution in [0, 0.1) is 0 Å². The highest BCUT2D eigenvalue weighted by Gasteiger charge is 2.11. The quantitative estimate of drug-likeness (QED) is 0.946. The fraction of sp³-hybridized carbons (Fsp3) is 0.300. The van der Waals surface area contributed by atoms with E-state index in [-0.39, 0.29) is 6.04 Å². The highest BCUT2D eigenvalue weighted by Crippen LogP contribution is 2.27. The van der Waals surface area contributed by atoms with E-state index in [0.29, 0.717) is 0 Å². The Morgan fingerprint density at radius 2 is 2.19 bits per heavy atom. The van der Waals surface area contributed by atoms with Crippen molar-refractivity contribution in [1.29, 1.82) is 0 Å². The van der Waals surface area contributed by atoms with E-state index in [2.05, 4.69) is 43.4 Å². The maximum absolute atomic E-state index is 4.16. The second-order valence-corrected chi connectivity index (χ2v) is 5.27. The van der Waals surface area contributed by atoms with E-state index in [9.17, 15) is 0 Å². The maximum Gasteiger partial charge on any atom is 0.149 e. The molecule has 2 heterocycles. The molecule has 0 saturated heterocycles. The number of nitrogens with one attached hydrogen (secondary N) is 1. The minimum absolute atomic E-state index is 0.228. The van der Waals surface area contributed by atoms with Crippen molar-refractivity contribution in [3.63, 3.8) is 0 Å². The van der Waals surface area contributed by atoms with Gasteiger partial charge in [0.05, 0.1) is 6.04 Å². The first-order valence-corrected chi connectivity index (χ1v) is 6.43. The molecule has 0 aromatic carbocycles. The number of aromatic nitrogens is 3. The molecule has 6 heteroatoms. The Hall–Kier alpha value is -0.850. The first kappa shape index (κ1) is 11.6. The third kappa shape index (κ3) is 2.45. The van der Waals surface area contributed by atoms with Gasteiger partial charge in [0.15, 0.2) is 0 Å². The second kappa shape index (κ2) is 4.99. The number of pyridine rings is 1. The van der Waals surface area contributed by atoms with Crippen molar-refractivity contribution in [1.82, 2.24) is 20.5 Å². The van der Waals surface area contributed by atoms with Crippen LogP contribution < -0.4 is 5.32 Å². The Balaban J connectivity index is 2.31. The minimum atomic E-state index is 0.228. The zero-order valence-electron chi connectivity index (χ0n) is 8.94. The average molecular weight is 299 g/mol. The van der Waals surface area contributed by atoms with E-state index in [4.69, 9.17) is 0 Å². The lowest BCUT2D eigenvalue weighted by atomic mass is 10.3. The van der Waals surface area contributed by atoms with E-state index in [1.807, 2.05) is 13.1 Å². The van der Waals surface area contributed by atoms with Crippen LogP contribution in [0.15, 0.2) is 22.9 Å². The predicted molar refractivity (Wildman–Crippen MR) is 68.3 cm³/mol. The van der Waals surface area contributed by atoms with E-state index in [0.717, 1.165) is 20.1 Å². The zero-order chi connectivity index (χ0) is 11.5. The molecule has 1 atom stereocenters. The van der Waals surface area contributed by atoms with Crippen molar-refractivity contribution < 1.29 is 0 Å². The highest BCUT2D eigenvalue weighted by atomic mass is 79.9. The van der Waals surface area contributed by atoms with Crippen molar-refractivity contribution in [2.45, 2.75) is 13.0 Å². The SMILES string of the molecule is CNC(C)c1nnc(-c2cncc(Br)c2)s1. The van der Waals surface area contributed by atoms with Gasteiger partial charge >= 0.3 is 0 Å². The van der Waals surface area contributed by atoms with Crippen molar-refractivity contribution in [2.75, 3.05) is 7.05 Å². The van der Waals surface area contributed by atoms with Crippen LogP contribution in [0.2, 0.25) is 0 Å². The summed E-state index contributed by atoms with van der Waals surface area (Å²) in [6.07, 6.45) is 3.54. The van der Waals surface area contributed by atoms with Gasteiger partial charge < -0.3 is 5.32 Å².